The van der Waals surface area contributed by atoms with Crippen molar-refractivity contribution in [1.29, 1.82) is 0 Å². The highest BCUT2D eigenvalue weighted by Gasteiger charge is 2.30. The summed E-state index contributed by atoms with van der Waals surface area (Å²) in [5.74, 6) is -0.970. The SMILES string of the molecule is C=C(NC(=O)C(C)(C)C)C(C(=O)OCC)C(C)C. The number of hydrogen-bond acceptors (Lipinski definition) is 3. The fourth-order valence-electron chi connectivity index (χ4n) is 1.46. The zero-order chi connectivity index (χ0) is 14.5. The van der Waals surface area contributed by atoms with Gasteiger partial charge in [-0.05, 0) is 12.8 Å². The maximum Gasteiger partial charge on any atom is 0.315 e. The van der Waals surface area contributed by atoms with E-state index >= 15 is 0 Å². The second-order valence-corrected chi connectivity index (χ2v) is 5.70. The van der Waals surface area contributed by atoms with Crippen molar-refractivity contribution in [2.75, 3.05) is 6.61 Å². The number of amides is 1. The number of carbonyl (C=O) groups excluding carboxylic acids is 2. The molecule has 0 aromatic rings. The molecule has 0 aliphatic heterocycles. The molecule has 104 valence electrons. The molecule has 0 aliphatic rings. The summed E-state index contributed by atoms with van der Waals surface area (Å²) in [4.78, 5) is 23.7. The lowest BCUT2D eigenvalue weighted by atomic mass is 9.91. The van der Waals surface area contributed by atoms with Crippen LogP contribution < -0.4 is 5.32 Å². The second kappa shape index (κ2) is 6.57. The molecule has 0 heterocycles. The average Bonchev–Trinajstić information content (AvgIpc) is 2.15. The Kier molecular flexibility index (Phi) is 6.09. The molecule has 0 saturated carbocycles. The number of rotatable bonds is 5. The molecule has 0 aromatic carbocycles. The third-order valence-electron chi connectivity index (χ3n) is 2.54. The van der Waals surface area contributed by atoms with Crippen molar-refractivity contribution >= 4 is 11.9 Å². The number of ether oxygens (including phenoxy) is 1. The molecule has 1 unspecified atom stereocenters. The summed E-state index contributed by atoms with van der Waals surface area (Å²) in [7, 11) is 0. The number of esters is 1. The van der Waals surface area contributed by atoms with E-state index in [9.17, 15) is 9.59 Å². The van der Waals surface area contributed by atoms with E-state index in [0.29, 0.717) is 12.3 Å². The van der Waals surface area contributed by atoms with Gasteiger partial charge in [-0.15, -0.1) is 0 Å². The Morgan fingerprint density at radius 2 is 1.78 bits per heavy atom. The van der Waals surface area contributed by atoms with Crippen LogP contribution in [0.3, 0.4) is 0 Å². The average molecular weight is 255 g/mol. The standard InChI is InChI=1S/C14H25NO3/c1-8-18-12(16)11(9(2)3)10(4)15-13(17)14(5,6)7/h9,11H,4,8H2,1-3,5-7H3,(H,15,17). The maximum atomic E-state index is 11.9. The highest BCUT2D eigenvalue weighted by Crippen LogP contribution is 2.21. The van der Waals surface area contributed by atoms with Gasteiger partial charge in [0.2, 0.25) is 5.91 Å². The van der Waals surface area contributed by atoms with Gasteiger partial charge in [-0.25, -0.2) is 0 Å². The van der Waals surface area contributed by atoms with Crippen molar-refractivity contribution in [3.63, 3.8) is 0 Å². The normalized spacial score (nSPS) is 13.1. The van der Waals surface area contributed by atoms with E-state index in [1.807, 2.05) is 34.6 Å². The molecule has 0 spiro atoms. The van der Waals surface area contributed by atoms with Gasteiger partial charge in [-0.3, -0.25) is 9.59 Å². The van der Waals surface area contributed by atoms with Crippen LogP contribution in [0.5, 0.6) is 0 Å². The van der Waals surface area contributed by atoms with Gasteiger partial charge < -0.3 is 10.1 Å². The van der Waals surface area contributed by atoms with Crippen LogP contribution in [0, 0.1) is 17.3 Å². The molecule has 0 radical (unpaired) electrons. The first-order chi connectivity index (χ1) is 8.11. The minimum Gasteiger partial charge on any atom is -0.465 e. The van der Waals surface area contributed by atoms with Crippen LogP contribution in [0.15, 0.2) is 12.3 Å². The highest BCUT2D eigenvalue weighted by atomic mass is 16.5. The van der Waals surface area contributed by atoms with Crippen LogP contribution in [-0.4, -0.2) is 18.5 Å². The topological polar surface area (TPSA) is 55.4 Å². The molecule has 4 heteroatoms. The van der Waals surface area contributed by atoms with Gasteiger partial charge in [0.1, 0.15) is 0 Å². The Hall–Kier alpha value is -1.32. The highest BCUT2D eigenvalue weighted by molar-refractivity contribution is 5.85. The summed E-state index contributed by atoms with van der Waals surface area (Å²) >= 11 is 0. The van der Waals surface area contributed by atoms with Crippen molar-refractivity contribution in [2.24, 2.45) is 17.3 Å². The van der Waals surface area contributed by atoms with Crippen LogP contribution in [0.25, 0.3) is 0 Å². The third-order valence-corrected chi connectivity index (χ3v) is 2.54. The molecule has 1 amide bonds. The van der Waals surface area contributed by atoms with E-state index in [0.717, 1.165) is 0 Å². The summed E-state index contributed by atoms with van der Waals surface area (Å²) < 4.78 is 5.00. The van der Waals surface area contributed by atoms with Crippen molar-refractivity contribution in [3.8, 4) is 0 Å². The molecule has 0 fully saturated rings. The molecule has 0 bridgehead atoms. The monoisotopic (exact) mass is 255 g/mol. The van der Waals surface area contributed by atoms with E-state index in [-0.39, 0.29) is 17.8 Å². The fraction of sp³-hybridized carbons (Fsp3) is 0.714. The van der Waals surface area contributed by atoms with Gasteiger partial charge in [0.05, 0.1) is 12.5 Å². The van der Waals surface area contributed by atoms with Crippen LogP contribution in [-0.2, 0) is 14.3 Å². The lowest BCUT2D eigenvalue weighted by Crippen LogP contribution is -2.39. The zero-order valence-corrected chi connectivity index (χ0v) is 12.3. The Morgan fingerprint density at radius 3 is 2.11 bits per heavy atom. The van der Waals surface area contributed by atoms with Crippen molar-refractivity contribution in [2.45, 2.75) is 41.5 Å². The summed E-state index contributed by atoms with van der Waals surface area (Å²) in [5, 5.41) is 2.71. The molecule has 0 aromatic heterocycles. The number of carbonyl (C=O) groups is 2. The summed E-state index contributed by atoms with van der Waals surface area (Å²) in [6.07, 6.45) is 0. The van der Waals surface area contributed by atoms with Crippen LogP contribution in [0.4, 0.5) is 0 Å². The predicted molar refractivity (Wildman–Crippen MR) is 71.7 cm³/mol. The molecule has 0 aliphatic carbocycles. The Bertz CT molecular complexity index is 326. The number of nitrogens with one attached hydrogen (secondary N) is 1. The lowest BCUT2D eigenvalue weighted by Gasteiger charge is -2.25. The van der Waals surface area contributed by atoms with Crippen LogP contribution >= 0.6 is 0 Å². The minimum atomic E-state index is -0.515. The first-order valence-electron chi connectivity index (χ1n) is 6.28. The van der Waals surface area contributed by atoms with Gasteiger partial charge >= 0.3 is 5.97 Å². The second-order valence-electron chi connectivity index (χ2n) is 5.70. The maximum absolute atomic E-state index is 11.9. The fourth-order valence-corrected chi connectivity index (χ4v) is 1.46. The van der Waals surface area contributed by atoms with E-state index in [4.69, 9.17) is 4.74 Å². The van der Waals surface area contributed by atoms with E-state index in [1.165, 1.54) is 0 Å². The van der Waals surface area contributed by atoms with Crippen molar-refractivity contribution < 1.29 is 14.3 Å². The molecule has 1 atom stereocenters. The van der Waals surface area contributed by atoms with E-state index in [1.54, 1.807) is 6.92 Å². The smallest absolute Gasteiger partial charge is 0.315 e. The molecule has 0 rings (SSSR count). The van der Waals surface area contributed by atoms with Crippen molar-refractivity contribution in [3.05, 3.63) is 12.3 Å². The Balaban J connectivity index is 4.80. The zero-order valence-electron chi connectivity index (χ0n) is 12.3. The van der Waals surface area contributed by atoms with Gasteiger partial charge in [0.15, 0.2) is 0 Å². The van der Waals surface area contributed by atoms with Gasteiger partial charge in [0.25, 0.3) is 0 Å². The summed E-state index contributed by atoms with van der Waals surface area (Å²) in [6.45, 7) is 15.1. The molecule has 4 nitrogen and oxygen atoms in total. The molecule has 0 saturated heterocycles. The van der Waals surface area contributed by atoms with Crippen LogP contribution in [0.1, 0.15) is 41.5 Å². The Labute approximate surface area is 110 Å². The van der Waals surface area contributed by atoms with E-state index < -0.39 is 11.3 Å². The Morgan fingerprint density at radius 1 is 1.28 bits per heavy atom. The van der Waals surface area contributed by atoms with Gasteiger partial charge in [-0.2, -0.15) is 0 Å². The quantitative estimate of drug-likeness (QED) is 0.768. The van der Waals surface area contributed by atoms with Gasteiger partial charge in [0, 0.05) is 11.1 Å². The molecular weight excluding hydrogens is 230 g/mol. The van der Waals surface area contributed by atoms with Gasteiger partial charge in [-0.1, -0.05) is 41.2 Å². The van der Waals surface area contributed by atoms with Crippen LogP contribution in [0.2, 0.25) is 0 Å². The molecule has 1 N–H and O–H groups in total. The first-order valence-corrected chi connectivity index (χ1v) is 6.28. The van der Waals surface area contributed by atoms with Crippen molar-refractivity contribution in [1.82, 2.24) is 5.32 Å². The largest absolute Gasteiger partial charge is 0.465 e. The van der Waals surface area contributed by atoms with E-state index in [2.05, 4.69) is 11.9 Å². The lowest BCUT2D eigenvalue weighted by molar-refractivity contribution is -0.148. The summed E-state index contributed by atoms with van der Waals surface area (Å²) in [6, 6.07) is 0. The molecular formula is C14H25NO3. The predicted octanol–water partition coefficient (Wildman–Crippen LogP) is 2.50. The summed E-state index contributed by atoms with van der Waals surface area (Å²) in [5.41, 5.74) is -0.109. The number of hydrogen-bond donors (Lipinski definition) is 1. The molecule has 18 heavy (non-hydrogen) atoms. The first kappa shape index (κ1) is 16.7. The minimum absolute atomic E-state index is 0.0248. The third kappa shape index (κ3) is 4.90.